The van der Waals surface area contributed by atoms with Gasteiger partial charge in [0.25, 0.3) is 0 Å². The van der Waals surface area contributed by atoms with Crippen LogP contribution in [0.4, 0.5) is 0 Å². The summed E-state index contributed by atoms with van der Waals surface area (Å²) in [5, 5.41) is 6.46. The zero-order valence-electron chi connectivity index (χ0n) is 11.2. The van der Waals surface area contributed by atoms with Gasteiger partial charge in [-0.1, -0.05) is 6.92 Å². The molecule has 98 valence electrons. The van der Waals surface area contributed by atoms with Crippen molar-refractivity contribution in [2.75, 3.05) is 13.1 Å². The SMILES string of the molecule is CC1CCC(C)(NC(=O)CNCC2CC2)CC1. The largest absolute Gasteiger partial charge is 0.350 e. The number of carbonyl (C=O) groups is 1. The van der Waals surface area contributed by atoms with Gasteiger partial charge in [0.1, 0.15) is 0 Å². The molecule has 3 nitrogen and oxygen atoms in total. The number of nitrogens with one attached hydrogen (secondary N) is 2. The lowest BCUT2D eigenvalue weighted by molar-refractivity contribution is -0.122. The van der Waals surface area contributed by atoms with E-state index in [0.29, 0.717) is 6.54 Å². The van der Waals surface area contributed by atoms with Crippen LogP contribution in [0.2, 0.25) is 0 Å². The van der Waals surface area contributed by atoms with Crippen LogP contribution in [-0.2, 0) is 4.79 Å². The molecule has 3 heteroatoms. The summed E-state index contributed by atoms with van der Waals surface area (Å²) in [7, 11) is 0. The first-order valence-electron chi connectivity index (χ1n) is 7.09. The van der Waals surface area contributed by atoms with Crippen molar-refractivity contribution in [3.8, 4) is 0 Å². The molecule has 0 unspecified atom stereocenters. The molecule has 0 saturated heterocycles. The molecule has 17 heavy (non-hydrogen) atoms. The second-order valence-electron chi connectivity index (χ2n) is 6.37. The van der Waals surface area contributed by atoms with Gasteiger partial charge in [-0.15, -0.1) is 0 Å². The minimum Gasteiger partial charge on any atom is -0.350 e. The maximum absolute atomic E-state index is 11.8. The number of hydrogen-bond acceptors (Lipinski definition) is 2. The van der Waals surface area contributed by atoms with Crippen LogP contribution in [0.15, 0.2) is 0 Å². The van der Waals surface area contributed by atoms with E-state index < -0.39 is 0 Å². The first kappa shape index (κ1) is 12.9. The van der Waals surface area contributed by atoms with Crippen molar-refractivity contribution >= 4 is 5.91 Å². The van der Waals surface area contributed by atoms with Gasteiger partial charge in [0.05, 0.1) is 6.54 Å². The highest BCUT2D eigenvalue weighted by atomic mass is 16.2. The summed E-state index contributed by atoms with van der Waals surface area (Å²) in [4.78, 5) is 11.8. The lowest BCUT2D eigenvalue weighted by atomic mass is 9.78. The van der Waals surface area contributed by atoms with Gasteiger partial charge in [-0.2, -0.15) is 0 Å². The molecule has 2 fully saturated rings. The van der Waals surface area contributed by atoms with Gasteiger partial charge in [0.15, 0.2) is 0 Å². The molecular weight excluding hydrogens is 212 g/mol. The Bertz CT molecular complexity index is 265. The maximum Gasteiger partial charge on any atom is 0.234 e. The van der Waals surface area contributed by atoms with E-state index in [9.17, 15) is 4.79 Å². The van der Waals surface area contributed by atoms with Crippen molar-refractivity contribution in [2.45, 2.75) is 57.9 Å². The zero-order valence-corrected chi connectivity index (χ0v) is 11.2. The highest BCUT2D eigenvalue weighted by Crippen LogP contribution is 2.31. The van der Waals surface area contributed by atoms with Crippen molar-refractivity contribution in [3.05, 3.63) is 0 Å². The molecule has 2 N–H and O–H groups in total. The van der Waals surface area contributed by atoms with E-state index in [1.165, 1.54) is 25.7 Å². The van der Waals surface area contributed by atoms with Crippen molar-refractivity contribution in [3.63, 3.8) is 0 Å². The predicted molar refractivity (Wildman–Crippen MR) is 69.8 cm³/mol. The molecule has 2 saturated carbocycles. The Morgan fingerprint density at radius 1 is 1.24 bits per heavy atom. The number of hydrogen-bond donors (Lipinski definition) is 2. The van der Waals surface area contributed by atoms with Gasteiger partial charge in [-0.05, 0) is 63.8 Å². The van der Waals surface area contributed by atoms with E-state index in [1.807, 2.05) is 0 Å². The Morgan fingerprint density at radius 2 is 1.88 bits per heavy atom. The Kier molecular flexibility index (Phi) is 4.08. The smallest absolute Gasteiger partial charge is 0.234 e. The fourth-order valence-corrected chi connectivity index (χ4v) is 2.62. The van der Waals surface area contributed by atoms with E-state index >= 15 is 0 Å². The van der Waals surface area contributed by atoms with Gasteiger partial charge in [0, 0.05) is 5.54 Å². The number of rotatable bonds is 5. The van der Waals surface area contributed by atoms with E-state index in [-0.39, 0.29) is 11.4 Å². The van der Waals surface area contributed by atoms with Crippen LogP contribution < -0.4 is 10.6 Å². The predicted octanol–water partition coefficient (Wildman–Crippen LogP) is 2.07. The molecule has 0 aromatic rings. The zero-order chi connectivity index (χ0) is 12.3. The molecule has 0 bridgehead atoms. The van der Waals surface area contributed by atoms with Crippen LogP contribution in [0.1, 0.15) is 52.4 Å². The Labute approximate surface area is 105 Å². The summed E-state index contributed by atoms with van der Waals surface area (Å²) in [5.41, 5.74) is 0.0465. The molecule has 0 atom stereocenters. The first-order chi connectivity index (χ1) is 8.07. The third kappa shape index (κ3) is 4.30. The van der Waals surface area contributed by atoms with Gasteiger partial charge >= 0.3 is 0 Å². The molecule has 2 aliphatic rings. The summed E-state index contributed by atoms with van der Waals surface area (Å²) in [6.45, 7) is 6.00. The third-order valence-corrected chi connectivity index (χ3v) is 4.23. The molecule has 0 aromatic heterocycles. The van der Waals surface area contributed by atoms with E-state index in [0.717, 1.165) is 31.2 Å². The minimum absolute atomic E-state index is 0.0465. The molecule has 1 amide bonds. The van der Waals surface area contributed by atoms with Crippen LogP contribution >= 0.6 is 0 Å². The number of amides is 1. The van der Waals surface area contributed by atoms with Gasteiger partial charge in [-0.25, -0.2) is 0 Å². The van der Waals surface area contributed by atoms with Gasteiger partial charge in [0.2, 0.25) is 5.91 Å². The average Bonchev–Trinajstić information content (AvgIpc) is 3.07. The lowest BCUT2D eigenvalue weighted by Gasteiger charge is -2.37. The summed E-state index contributed by atoms with van der Waals surface area (Å²) < 4.78 is 0. The summed E-state index contributed by atoms with van der Waals surface area (Å²) in [6.07, 6.45) is 7.41. The van der Waals surface area contributed by atoms with Crippen molar-refractivity contribution in [1.29, 1.82) is 0 Å². The van der Waals surface area contributed by atoms with Crippen LogP contribution in [0.3, 0.4) is 0 Å². The van der Waals surface area contributed by atoms with Crippen LogP contribution in [0.25, 0.3) is 0 Å². The molecule has 0 aliphatic heterocycles. The summed E-state index contributed by atoms with van der Waals surface area (Å²) >= 11 is 0. The highest BCUT2D eigenvalue weighted by Gasteiger charge is 2.30. The Balaban J connectivity index is 1.65. The third-order valence-electron chi connectivity index (χ3n) is 4.23. The van der Waals surface area contributed by atoms with Crippen molar-refractivity contribution in [2.24, 2.45) is 11.8 Å². The fraction of sp³-hybridized carbons (Fsp3) is 0.929. The van der Waals surface area contributed by atoms with Gasteiger partial charge in [-0.3, -0.25) is 4.79 Å². The average molecular weight is 238 g/mol. The standard InChI is InChI=1S/C14H26N2O/c1-11-5-7-14(2,8-6-11)16-13(17)10-15-9-12-3-4-12/h11-12,15H,3-10H2,1-2H3,(H,16,17). The quantitative estimate of drug-likeness (QED) is 0.770. The van der Waals surface area contributed by atoms with E-state index in [1.54, 1.807) is 0 Å². The van der Waals surface area contributed by atoms with Gasteiger partial charge < -0.3 is 10.6 Å². The second kappa shape index (κ2) is 5.38. The van der Waals surface area contributed by atoms with Crippen LogP contribution in [-0.4, -0.2) is 24.5 Å². The van der Waals surface area contributed by atoms with E-state index in [4.69, 9.17) is 0 Å². The topological polar surface area (TPSA) is 41.1 Å². The lowest BCUT2D eigenvalue weighted by Crippen LogP contribution is -2.50. The number of carbonyl (C=O) groups excluding carboxylic acids is 1. The fourth-order valence-electron chi connectivity index (χ4n) is 2.62. The minimum atomic E-state index is 0.0465. The normalized spacial score (nSPS) is 33.4. The second-order valence-corrected chi connectivity index (χ2v) is 6.37. The van der Waals surface area contributed by atoms with Crippen molar-refractivity contribution < 1.29 is 4.79 Å². The molecule has 0 aromatic carbocycles. The summed E-state index contributed by atoms with van der Waals surface area (Å²) in [5.74, 6) is 1.84. The molecular formula is C14H26N2O. The molecule has 2 rings (SSSR count). The monoisotopic (exact) mass is 238 g/mol. The van der Waals surface area contributed by atoms with E-state index in [2.05, 4.69) is 24.5 Å². The Hall–Kier alpha value is -0.570. The molecule has 0 spiro atoms. The summed E-state index contributed by atoms with van der Waals surface area (Å²) in [6, 6.07) is 0. The first-order valence-corrected chi connectivity index (χ1v) is 7.09. The molecule has 0 heterocycles. The van der Waals surface area contributed by atoms with Crippen molar-refractivity contribution in [1.82, 2.24) is 10.6 Å². The Morgan fingerprint density at radius 3 is 2.47 bits per heavy atom. The van der Waals surface area contributed by atoms with Crippen LogP contribution in [0.5, 0.6) is 0 Å². The molecule has 2 aliphatic carbocycles. The maximum atomic E-state index is 11.8. The van der Waals surface area contributed by atoms with Crippen LogP contribution in [0, 0.1) is 11.8 Å². The highest BCUT2D eigenvalue weighted by molar-refractivity contribution is 5.78. The molecule has 0 radical (unpaired) electrons.